The molecule has 3 aromatic carbocycles. The lowest BCUT2D eigenvalue weighted by atomic mass is 10.1. The molecular weight excluding hydrogens is 469 g/mol. The van der Waals surface area contributed by atoms with Crippen LogP contribution in [0.5, 0.6) is 11.5 Å². The Balaban J connectivity index is 1.70. The average Bonchev–Trinajstić information content (AvgIpc) is 3.24. The maximum absolute atomic E-state index is 13.2. The number of methoxy groups -OCH3 is 2. The van der Waals surface area contributed by atoms with Gasteiger partial charge in [0, 0.05) is 24.0 Å². The number of amides is 1. The topological polar surface area (TPSA) is 52.5 Å². The van der Waals surface area contributed by atoms with Gasteiger partial charge in [0.05, 0.1) is 31.0 Å². The van der Waals surface area contributed by atoms with Gasteiger partial charge in [0.1, 0.15) is 11.5 Å². The van der Waals surface area contributed by atoms with E-state index in [9.17, 15) is 18.0 Å². The van der Waals surface area contributed by atoms with Crippen LogP contribution in [0, 0.1) is 6.92 Å². The summed E-state index contributed by atoms with van der Waals surface area (Å²) in [5, 5.41) is 2.75. The number of hydrogen-bond donors (Lipinski definition) is 1. The van der Waals surface area contributed by atoms with Crippen molar-refractivity contribution in [2.45, 2.75) is 19.6 Å². The van der Waals surface area contributed by atoms with Gasteiger partial charge in [0.15, 0.2) is 0 Å². The molecular formula is C28H25F3N2O3. The van der Waals surface area contributed by atoms with Gasteiger partial charge in [-0.25, -0.2) is 0 Å². The molecule has 0 unspecified atom stereocenters. The van der Waals surface area contributed by atoms with Gasteiger partial charge < -0.3 is 19.4 Å². The van der Waals surface area contributed by atoms with Gasteiger partial charge in [-0.05, 0) is 72.6 Å². The fourth-order valence-corrected chi connectivity index (χ4v) is 4.03. The summed E-state index contributed by atoms with van der Waals surface area (Å²) < 4.78 is 51.7. The number of nitrogens with zero attached hydrogens (tertiary/aromatic N) is 1. The van der Waals surface area contributed by atoms with Gasteiger partial charge in [-0.3, -0.25) is 4.79 Å². The largest absolute Gasteiger partial charge is 0.497 e. The summed E-state index contributed by atoms with van der Waals surface area (Å²) in [6.45, 7) is 1.79. The summed E-state index contributed by atoms with van der Waals surface area (Å²) in [7, 11) is 3.17. The Labute approximate surface area is 207 Å². The van der Waals surface area contributed by atoms with Crippen LogP contribution in [0.3, 0.4) is 0 Å². The SMILES string of the molecule is COc1ccc(-c2cc(C(=O)NCc3cccc(C(F)(F)F)c3)c(C)n2-c2cccc(OC)c2)cc1. The summed E-state index contributed by atoms with van der Waals surface area (Å²) in [4.78, 5) is 13.2. The van der Waals surface area contributed by atoms with E-state index in [0.29, 0.717) is 28.3 Å². The summed E-state index contributed by atoms with van der Waals surface area (Å²) in [6, 6.07) is 21.6. The molecule has 0 aliphatic heterocycles. The van der Waals surface area contributed by atoms with Crippen molar-refractivity contribution in [3.63, 3.8) is 0 Å². The number of carbonyl (C=O) groups is 1. The molecule has 4 rings (SSSR count). The number of hydrogen-bond acceptors (Lipinski definition) is 3. The van der Waals surface area contributed by atoms with Crippen molar-refractivity contribution < 1.29 is 27.4 Å². The van der Waals surface area contributed by atoms with Crippen LogP contribution >= 0.6 is 0 Å². The molecule has 0 saturated heterocycles. The first-order chi connectivity index (χ1) is 17.2. The van der Waals surface area contributed by atoms with E-state index >= 15 is 0 Å². The zero-order valence-corrected chi connectivity index (χ0v) is 20.0. The van der Waals surface area contributed by atoms with E-state index < -0.39 is 11.7 Å². The van der Waals surface area contributed by atoms with Crippen LogP contribution < -0.4 is 14.8 Å². The number of nitrogens with one attached hydrogen (secondary N) is 1. The highest BCUT2D eigenvalue weighted by molar-refractivity contribution is 5.97. The Bertz CT molecular complexity index is 1380. The van der Waals surface area contributed by atoms with Crippen LogP contribution in [-0.4, -0.2) is 24.7 Å². The molecule has 0 atom stereocenters. The average molecular weight is 495 g/mol. The summed E-state index contributed by atoms with van der Waals surface area (Å²) in [5.74, 6) is 0.979. The maximum atomic E-state index is 13.2. The molecule has 0 bridgehead atoms. The minimum atomic E-state index is -4.45. The molecule has 186 valence electrons. The number of aromatic nitrogens is 1. The number of alkyl halides is 3. The molecule has 0 spiro atoms. The minimum absolute atomic E-state index is 0.0373. The van der Waals surface area contributed by atoms with Crippen molar-refractivity contribution >= 4 is 5.91 Å². The molecule has 1 N–H and O–H groups in total. The molecule has 1 heterocycles. The lowest BCUT2D eigenvalue weighted by molar-refractivity contribution is -0.137. The van der Waals surface area contributed by atoms with Crippen LogP contribution in [0.15, 0.2) is 78.9 Å². The number of benzene rings is 3. The highest BCUT2D eigenvalue weighted by atomic mass is 19.4. The smallest absolute Gasteiger partial charge is 0.416 e. The Morgan fingerprint density at radius 3 is 2.25 bits per heavy atom. The Kier molecular flexibility index (Phi) is 7.05. The minimum Gasteiger partial charge on any atom is -0.497 e. The maximum Gasteiger partial charge on any atom is 0.416 e. The third kappa shape index (κ3) is 5.22. The third-order valence-corrected chi connectivity index (χ3v) is 5.90. The molecule has 0 radical (unpaired) electrons. The van der Waals surface area contributed by atoms with Crippen LogP contribution in [0.1, 0.15) is 27.2 Å². The normalized spacial score (nSPS) is 11.3. The summed E-state index contributed by atoms with van der Waals surface area (Å²) in [6.07, 6.45) is -4.45. The number of halogens is 3. The number of ether oxygens (including phenoxy) is 2. The van der Waals surface area contributed by atoms with Crippen molar-refractivity contribution in [2.24, 2.45) is 0 Å². The van der Waals surface area contributed by atoms with Gasteiger partial charge >= 0.3 is 6.18 Å². The second-order valence-electron chi connectivity index (χ2n) is 8.17. The lowest BCUT2D eigenvalue weighted by Gasteiger charge is -2.14. The Morgan fingerprint density at radius 1 is 0.889 bits per heavy atom. The molecule has 0 saturated carbocycles. The van der Waals surface area contributed by atoms with Crippen molar-refractivity contribution in [3.05, 3.63) is 101 Å². The summed E-state index contributed by atoms with van der Waals surface area (Å²) in [5.41, 5.74) is 3.13. The van der Waals surface area contributed by atoms with Gasteiger partial charge in [-0.2, -0.15) is 13.2 Å². The highest BCUT2D eigenvalue weighted by Gasteiger charge is 2.30. The van der Waals surface area contributed by atoms with E-state index in [1.54, 1.807) is 26.4 Å². The molecule has 8 heteroatoms. The first-order valence-electron chi connectivity index (χ1n) is 11.2. The van der Waals surface area contributed by atoms with Gasteiger partial charge in [0.25, 0.3) is 5.91 Å². The van der Waals surface area contributed by atoms with Gasteiger partial charge in [-0.15, -0.1) is 0 Å². The van der Waals surface area contributed by atoms with Crippen LogP contribution in [0.2, 0.25) is 0 Å². The van der Waals surface area contributed by atoms with E-state index in [1.165, 1.54) is 6.07 Å². The molecule has 4 aromatic rings. The van der Waals surface area contributed by atoms with E-state index in [-0.39, 0.29) is 12.5 Å². The molecule has 5 nitrogen and oxygen atoms in total. The van der Waals surface area contributed by atoms with E-state index in [2.05, 4.69) is 5.32 Å². The number of rotatable bonds is 7. The zero-order chi connectivity index (χ0) is 25.9. The number of carbonyl (C=O) groups excluding carboxylic acids is 1. The van der Waals surface area contributed by atoms with E-state index in [4.69, 9.17) is 9.47 Å². The molecule has 36 heavy (non-hydrogen) atoms. The van der Waals surface area contributed by atoms with Gasteiger partial charge in [-0.1, -0.05) is 18.2 Å². The molecule has 1 amide bonds. The van der Waals surface area contributed by atoms with Crippen molar-refractivity contribution in [2.75, 3.05) is 14.2 Å². The Morgan fingerprint density at radius 2 is 1.58 bits per heavy atom. The quantitative estimate of drug-likeness (QED) is 0.323. The molecule has 0 fully saturated rings. The van der Waals surface area contributed by atoms with Crippen molar-refractivity contribution in [1.82, 2.24) is 9.88 Å². The molecule has 0 aliphatic carbocycles. The van der Waals surface area contributed by atoms with E-state index in [0.717, 1.165) is 29.1 Å². The molecule has 1 aromatic heterocycles. The van der Waals surface area contributed by atoms with E-state index in [1.807, 2.05) is 60.0 Å². The fourth-order valence-electron chi connectivity index (χ4n) is 4.03. The predicted molar refractivity (Wildman–Crippen MR) is 132 cm³/mol. The monoisotopic (exact) mass is 494 g/mol. The molecule has 0 aliphatic rings. The Hall–Kier alpha value is -4.20. The van der Waals surface area contributed by atoms with Crippen molar-refractivity contribution in [3.8, 4) is 28.4 Å². The predicted octanol–water partition coefficient (Wildman–Crippen LogP) is 6.42. The zero-order valence-electron chi connectivity index (χ0n) is 20.0. The third-order valence-electron chi connectivity index (χ3n) is 5.90. The summed E-state index contributed by atoms with van der Waals surface area (Å²) >= 11 is 0. The van der Waals surface area contributed by atoms with Crippen molar-refractivity contribution in [1.29, 1.82) is 0 Å². The standard InChI is InChI=1S/C28H25F3N2O3/c1-18-25(27(34)32-17-19-6-4-7-21(14-19)28(29,30)31)16-26(20-10-12-23(35-2)13-11-20)33(18)22-8-5-9-24(15-22)36-3/h4-16H,17H2,1-3H3,(H,32,34). The second kappa shape index (κ2) is 10.2. The fraction of sp³-hybridized carbons (Fsp3) is 0.179. The van der Waals surface area contributed by atoms with Crippen LogP contribution in [0.25, 0.3) is 16.9 Å². The first kappa shape index (κ1) is 24.9. The lowest BCUT2D eigenvalue weighted by Crippen LogP contribution is -2.23. The first-order valence-corrected chi connectivity index (χ1v) is 11.2. The van der Waals surface area contributed by atoms with Crippen LogP contribution in [0.4, 0.5) is 13.2 Å². The van der Waals surface area contributed by atoms with Gasteiger partial charge in [0.2, 0.25) is 0 Å². The van der Waals surface area contributed by atoms with Crippen LogP contribution in [-0.2, 0) is 12.7 Å². The highest BCUT2D eigenvalue weighted by Crippen LogP contribution is 2.32. The second-order valence-corrected chi connectivity index (χ2v) is 8.17.